The Hall–Kier alpha value is -0.815. The second kappa shape index (κ2) is 6.76. The van der Waals surface area contributed by atoms with Crippen LogP contribution in [0.3, 0.4) is 0 Å². The summed E-state index contributed by atoms with van der Waals surface area (Å²) in [6, 6.07) is 11.3. The highest BCUT2D eigenvalue weighted by atomic mass is 79.9. The van der Waals surface area contributed by atoms with Gasteiger partial charge in [0.25, 0.3) is 0 Å². The molecule has 2 rings (SSSR count). The summed E-state index contributed by atoms with van der Waals surface area (Å²) in [4.78, 5) is 0. The summed E-state index contributed by atoms with van der Waals surface area (Å²) in [5.74, 6) is 0.450. The van der Waals surface area contributed by atoms with Crippen molar-refractivity contribution in [3.05, 3.63) is 56.5 Å². The topological polar surface area (TPSA) is 49.7 Å². The van der Waals surface area contributed by atoms with Gasteiger partial charge in [0.15, 0.2) is 0 Å². The molecule has 20 heavy (non-hydrogen) atoms. The predicted octanol–water partition coefficient (Wildman–Crippen LogP) is 2.78. The number of benzene rings is 2. The van der Waals surface area contributed by atoms with E-state index in [1.54, 1.807) is 6.07 Å². The molecular formula is C14H13BBr2O3. The van der Waals surface area contributed by atoms with Gasteiger partial charge in [0.05, 0.1) is 4.47 Å². The molecular weight excluding hydrogens is 387 g/mol. The van der Waals surface area contributed by atoms with Crippen LogP contribution in [0.4, 0.5) is 0 Å². The van der Waals surface area contributed by atoms with Crippen molar-refractivity contribution in [1.82, 2.24) is 0 Å². The third-order valence-corrected chi connectivity index (χ3v) is 3.85. The predicted molar refractivity (Wildman–Crippen MR) is 87.2 cm³/mol. The molecule has 0 radical (unpaired) electrons. The average Bonchev–Trinajstić information content (AvgIpc) is 2.36. The zero-order valence-electron chi connectivity index (χ0n) is 10.8. The third-order valence-electron chi connectivity index (χ3n) is 2.77. The molecule has 104 valence electrons. The molecule has 0 aliphatic rings. The first-order chi connectivity index (χ1) is 9.47. The summed E-state index contributed by atoms with van der Waals surface area (Å²) in [6.07, 6.45) is 0. The minimum Gasteiger partial charge on any atom is -0.488 e. The standard InChI is InChI=1S/C14H13BBr2O3/c1-9-5-12(15(18)19)14(13(17)6-9)20-8-10-3-2-4-11(16)7-10/h2-7,18-19H,8H2,1H3. The summed E-state index contributed by atoms with van der Waals surface area (Å²) in [5.41, 5.74) is 2.27. The molecule has 0 saturated carbocycles. The molecule has 2 aromatic rings. The number of aryl methyl sites for hydroxylation is 1. The Morgan fingerprint density at radius 1 is 1.15 bits per heavy atom. The highest BCUT2D eigenvalue weighted by Crippen LogP contribution is 2.25. The van der Waals surface area contributed by atoms with Crippen molar-refractivity contribution in [1.29, 1.82) is 0 Å². The summed E-state index contributed by atoms with van der Waals surface area (Å²) in [6.45, 7) is 2.23. The molecule has 2 aromatic carbocycles. The molecule has 0 unspecified atom stereocenters. The first-order valence-electron chi connectivity index (χ1n) is 6.01. The molecule has 0 bridgehead atoms. The molecule has 0 atom stereocenters. The lowest BCUT2D eigenvalue weighted by molar-refractivity contribution is 0.304. The molecule has 0 heterocycles. The number of hydrogen-bond donors (Lipinski definition) is 2. The van der Waals surface area contributed by atoms with E-state index in [0.717, 1.165) is 15.6 Å². The first-order valence-corrected chi connectivity index (χ1v) is 7.59. The van der Waals surface area contributed by atoms with Gasteiger partial charge in [-0.15, -0.1) is 0 Å². The van der Waals surface area contributed by atoms with Crippen LogP contribution in [0.15, 0.2) is 45.3 Å². The zero-order chi connectivity index (χ0) is 14.7. The van der Waals surface area contributed by atoms with Crippen LogP contribution >= 0.6 is 31.9 Å². The fourth-order valence-corrected chi connectivity index (χ4v) is 3.03. The van der Waals surface area contributed by atoms with E-state index in [1.165, 1.54) is 0 Å². The van der Waals surface area contributed by atoms with E-state index < -0.39 is 7.12 Å². The largest absolute Gasteiger partial charge is 0.492 e. The van der Waals surface area contributed by atoms with Gasteiger partial charge >= 0.3 is 7.12 Å². The molecule has 0 spiro atoms. The van der Waals surface area contributed by atoms with E-state index in [1.807, 2.05) is 37.3 Å². The van der Waals surface area contributed by atoms with E-state index in [-0.39, 0.29) is 0 Å². The number of rotatable bonds is 4. The lowest BCUT2D eigenvalue weighted by Gasteiger charge is -2.14. The van der Waals surface area contributed by atoms with Gasteiger partial charge in [-0.3, -0.25) is 0 Å². The van der Waals surface area contributed by atoms with Crippen LogP contribution in [0.1, 0.15) is 11.1 Å². The van der Waals surface area contributed by atoms with E-state index in [4.69, 9.17) is 4.74 Å². The second-order valence-corrected chi connectivity index (χ2v) is 6.23. The van der Waals surface area contributed by atoms with Crippen molar-refractivity contribution in [2.24, 2.45) is 0 Å². The fourth-order valence-electron chi connectivity index (χ4n) is 1.88. The molecule has 3 nitrogen and oxygen atoms in total. The van der Waals surface area contributed by atoms with Gasteiger partial charge in [0, 0.05) is 9.94 Å². The maximum absolute atomic E-state index is 9.44. The van der Waals surface area contributed by atoms with Crippen LogP contribution in [-0.4, -0.2) is 17.2 Å². The van der Waals surface area contributed by atoms with Crippen molar-refractivity contribution >= 4 is 44.4 Å². The SMILES string of the molecule is Cc1cc(Br)c(OCc2cccc(Br)c2)c(B(O)O)c1. The Morgan fingerprint density at radius 2 is 1.90 bits per heavy atom. The highest BCUT2D eigenvalue weighted by molar-refractivity contribution is 9.10. The minimum absolute atomic E-state index is 0.348. The Balaban J connectivity index is 2.25. The maximum atomic E-state index is 9.44. The van der Waals surface area contributed by atoms with E-state index in [2.05, 4.69) is 31.9 Å². The summed E-state index contributed by atoms with van der Waals surface area (Å²) in [7, 11) is -1.57. The van der Waals surface area contributed by atoms with Crippen molar-refractivity contribution in [3.63, 3.8) is 0 Å². The van der Waals surface area contributed by atoms with E-state index in [0.29, 0.717) is 22.3 Å². The van der Waals surface area contributed by atoms with Crippen LogP contribution in [0, 0.1) is 6.92 Å². The monoisotopic (exact) mass is 398 g/mol. The summed E-state index contributed by atoms with van der Waals surface area (Å²) in [5, 5.41) is 18.9. The zero-order valence-corrected chi connectivity index (χ0v) is 14.0. The molecule has 2 N–H and O–H groups in total. The Bertz CT molecular complexity index is 617. The normalized spacial score (nSPS) is 10.4. The van der Waals surface area contributed by atoms with Crippen molar-refractivity contribution in [3.8, 4) is 5.75 Å². The average molecular weight is 400 g/mol. The lowest BCUT2D eigenvalue weighted by atomic mass is 9.79. The molecule has 0 aliphatic carbocycles. The summed E-state index contributed by atoms with van der Waals surface area (Å²) < 4.78 is 7.42. The van der Waals surface area contributed by atoms with Gasteiger partial charge in [-0.2, -0.15) is 0 Å². The van der Waals surface area contributed by atoms with Gasteiger partial charge in [0.2, 0.25) is 0 Å². The second-order valence-electron chi connectivity index (χ2n) is 4.46. The van der Waals surface area contributed by atoms with Crippen molar-refractivity contribution in [2.45, 2.75) is 13.5 Å². The molecule has 6 heteroatoms. The lowest BCUT2D eigenvalue weighted by Crippen LogP contribution is -2.32. The van der Waals surface area contributed by atoms with Crippen molar-refractivity contribution in [2.75, 3.05) is 0 Å². The third kappa shape index (κ3) is 3.85. The van der Waals surface area contributed by atoms with E-state index in [9.17, 15) is 10.0 Å². The molecule has 0 aliphatic heterocycles. The van der Waals surface area contributed by atoms with Crippen LogP contribution in [0.2, 0.25) is 0 Å². The van der Waals surface area contributed by atoms with E-state index >= 15 is 0 Å². The van der Waals surface area contributed by atoms with Gasteiger partial charge in [-0.25, -0.2) is 0 Å². The number of hydrogen-bond acceptors (Lipinski definition) is 3. The molecule has 0 saturated heterocycles. The van der Waals surface area contributed by atoms with Crippen molar-refractivity contribution < 1.29 is 14.8 Å². The maximum Gasteiger partial charge on any atom is 0.492 e. The Labute approximate surface area is 135 Å². The molecule has 0 aromatic heterocycles. The van der Waals surface area contributed by atoms with Gasteiger partial charge in [0.1, 0.15) is 12.4 Å². The Kier molecular flexibility index (Phi) is 5.26. The van der Waals surface area contributed by atoms with Gasteiger partial charge in [-0.1, -0.05) is 39.7 Å². The Morgan fingerprint density at radius 3 is 2.55 bits per heavy atom. The summed E-state index contributed by atoms with van der Waals surface area (Å²) >= 11 is 6.80. The quantitative estimate of drug-likeness (QED) is 0.777. The smallest absolute Gasteiger partial charge is 0.488 e. The number of ether oxygens (including phenoxy) is 1. The fraction of sp³-hybridized carbons (Fsp3) is 0.143. The van der Waals surface area contributed by atoms with Gasteiger partial charge in [-0.05, 0) is 46.6 Å². The van der Waals surface area contributed by atoms with Crippen LogP contribution in [-0.2, 0) is 6.61 Å². The number of halogens is 2. The highest BCUT2D eigenvalue weighted by Gasteiger charge is 2.20. The molecule has 0 amide bonds. The first kappa shape index (κ1) is 15.6. The van der Waals surface area contributed by atoms with Crippen LogP contribution in [0.5, 0.6) is 5.75 Å². The van der Waals surface area contributed by atoms with Crippen LogP contribution in [0.25, 0.3) is 0 Å². The minimum atomic E-state index is -1.57. The molecule has 0 fully saturated rings. The van der Waals surface area contributed by atoms with Crippen LogP contribution < -0.4 is 10.2 Å². The van der Waals surface area contributed by atoms with Gasteiger partial charge < -0.3 is 14.8 Å².